The zero-order valence-electron chi connectivity index (χ0n) is 17.0. The highest BCUT2D eigenvalue weighted by molar-refractivity contribution is 6.05. The lowest BCUT2D eigenvalue weighted by molar-refractivity contribution is -0.137. The molecule has 0 saturated carbocycles. The summed E-state index contributed by atoms with van der Waals surface area (Å²) in [5.41, 5.74) is 0.591. The molecule has 31 heavy (non-hydrogen) atoms. The van der Waals surface area contributed by atoms with Crippen LogP contribution >= 0.6 is 0 Å². The Morgan fingerprint density at radius 2 is 2.03 bits per heavy atom. The summed E-state index contributed by atoms with van der Waals surface area (Å²) < 4.78 is 40.4. The largest absolute Gasteiger partial charge is 0.417 e. The van der Waals surface area contributed by atoms with E-state index in [1.54, 1.807) is 24.3 Å². The molecule has 8 heteroatoms. The summed E-state index contributed by atoms with van der Waals surface area (Å²) in [6.45, 7) is 4.11. The van der Waals surface area contributed by atoms with E-state index in [2.05, 4.69) is 27.3 Å². The third-order valence-electron chi connectivity index (χ3n) is 6.74. The Bertz CT molecular complexity index is 1130. The molecule has 2 saturated heterocycles. The standard InChI is InChI=1S/C23H23F3N4O/c1-13-14-8-9-30(13)12-16(10-14)27-22(31)21-18-11-15(6-7-20(18)28-29-21)17-4-2-3-5-19(17)23(24,25)26/h2-7,11,13-14,16H,8-10,12H2,1H3,(H,27,31)(H,28,29). The van der Waals surface area contributed by atoms with E-state index in [4.69, 9.17) is 0 Å². The number of halogens is 3. The van der Waals surface area contributed by atoms with E-state index < -0.39 is 11.7 Å². The molecule has 2 N–H and O–H groups in total. The molecule has 0 radical (unpaired) electrons. The first-order valence-corrected chi connectivity index (χ1v) is 10.5. The molecular weight excluding hydrogens is 405 g/mol. The Labute approximate surface area is 177 Å². The fourth-order valence-electron chi connectivity index (χ4n) is 5.07. The maximum Gasteiger partial charge on any atom is 0.417 e. The van der Waals surface area contributed by atoms with Gasteiger partial charge in [-0.15, -0.1) is 0 Å². The van der Waals surface area contributed by atoms with Crippen molar-refractivity contribution in [2.24, 2.45) is 5.92 Å². The molecule has 2 fully saturated rings. The quantitative estimate of drug-likeness (QED) is 0.648. The lowest BCUT2D eigenvalue weighted by Crippen LogP contribution is -2.50. The van der Waals surface area contributed by atoms with Gasteiger partial charge in [0.1, 0.15) is 0 Å². The number of rotatable bonds is 3. The van der Waals surface area contributed by atoms with Crippen molar-refractivity contribution in [2.45, 2.75) is 38.0 Å². The summed E-state index contributed by atoms with van der Waals surface area (Å²) in [5, 5.41) is 10.6. The summed E-state index contributed by atoms with van der Waals surface area (Å²) in [4.78, 5) is 15.4. The molecule has 2 aromatic carbocycles. The number of piperidine rings is 1. The number of fused-ring (bicyclic) bond motifs is 3. The van der Waals surface area contributed by atoms with Crippen molar-refractivity contribution < 1.29 is 18.0 Å². The third-order valence-corrected chi connectivity index (χ3v) is 6.74. The van der Waals surface area contributed by atoms with Gasteiger partial charge in [-0.2, -0.15) is 18.3 Å². The van der Waals surface area contributed by atoms with Crippen LogP contribution in [0.4, 0.5) is 13.2 Å². The Morgan fingerprint density at radius 3 is 2.81 bits per heavy atom. The summed E-state index contributed by atoms with van der Waals surface area (Å²) in [5.74, 6) is 0.285. The van der Waals surface area contributed by atoms with Crippen LogP contribution in [0.5, 0.6) is 0 Å². The highest BCUT2D eigenvalue weighted by Crippen LogP contribution is 2.38. The van der Waals surface area contributed by atoms with Crippen molar-refractivity contribution in [3.63, 3.8) is 0 Å². The Hall–Kier alpha value is -2.87. The number of H-pyrrole nitrogens is 1. The van der Waals surface area contributed by atoms with Crippen molar-refractivity contribution in [1.82, 2.24) is 20.4 Å². The first-order chi connectivity index (χ1) is 14.8. The predicted molar refractivity (Wildman–Crippen MR) is 112 cm³/mol. The molecule has 162 valence electrons. The van der Waals surface area contributed by atoms with Gasteiger partial charge in [-0.25, -0.2) is 0 Å². The van der Waals surface area contributed by atoms with Crippen molar-refractivity contribution in [2.75, 3.05) is 13.1 Å². The van der Waals surface area contributed by atoms with Crippen LogP contribution in [0.25, 0.3) is 22.0 Å². The fourth-order valence-corrected chi connectivity index (χ4v) is 5.07. The zero-order valence-corrected chi connectivity index (χ0v) is 17.0. The molecule has 3 heterocycles. The molecule has 4 atom stereocenters. The van der Waals surface area contributed by atoms with Gasteiger partial charge in [-0.05, 0) is 61.6 Å². The van der Waals surface area contributed by atoms with Crippen LogP contribution in [0.15, 0.2) is 42.5 Å². The van der Waals surface area contributed by atoms with Crippen molar-refractivity contribution in [1.29, 1.82) is 0 Å². The molecule has 2 aliphatic rings. The second-order valence-electron chi connectivity index (χ2n) is 8.57. The molecule has 5 nitrogen and oxygen atoms in total. The SMILES string of the molecule is CC1C2CCN1CC(NC(=O)c1n[nH]c3ccc(-c4ccccc4C(F)(F)F)cc13)C2. The molecule has 3 aromatic rings. The van der Waals surface area contributed by atoms with Crippen LogP contribution in [0, 0.1) is 5.92 Å². The number of hydrogen-bond acceptors (Lipinski definition) is 3. The summed E-state index contributed by atoms with van der Waals surface area (Å²) in [7, 11) is 0. The number of carbonyl (C=O) groups is 1. The lowest BCUT2D eigenvalue weighted by atomic mass is 9.90. The Kier molecular flexibility index (Phi) is 4.77. The Balaban J connectivity index is 1.45. The molecule has 2 aliphatic heterocycles. The molecule has 1 aromatic heterocycles. The Morgan fingerprint density at radius 1 is 1.23 bits per heavy atom. The first-order valence-electron chi connectivity index (χ1n) is 10.5. The third kappa shape index (κ3) is 3.59. The second kappa shape index (κ2) is 7.37. The molecule has 1 amide bonds. The van der Waals surface area contributed by atoms with E-state index in [1.165, 1.54) is 12.1 Å². The smallest absolute Gasteiger partial charge is 0.347 e. The zero-order chi connectivity index (χ0) is 21.8. The van der Waals surface area contributed by atoms with Crippen molar-refractivity contribution in [3.05, 3.63) is 53.7 Å². The van der Waals surface area contributed by atoms with Gasteiger partial charge in [0, 0.05) is 24.0 Å². The van der Waals surface area contributed by atoms with Gasteiger partial charge in [-0.1, -0.05) is 24.3 Å². The summed E-state index contributed by atoms with van der Waals surface area (Å²) >= 11 is 0. The first kappa shape index (κ1) is 20.1. The van der Waals surface area contributed by atoms with E-state index in [1.807, 2.05) is 0 Å². The van der Waals surface area contributed by atoms with E-state index in [9.17, 15) is 18.0 Å². The number of nitrogens with zero attached hydrogens (tertiary/aromatic N) is 2. The van der Waals surface area contributed by atoms with E-state index in [0.717, 1.165) is 32.0 Å². The van der Waals surface area contributed by atoms with Crippen LogP contribution in [0.1, 0.15) is 35.8 Å². The van der Waals surface area contributed by atoms with Crippen LogP contribution in [-0.2, 0) is 6.18 Å². The van der Waals surface area contributed by atoms with Gasteiger partial charge in [0.25, 0.3) is 5.91 Å². The molecular formula is C23H23F3N4O. The normalized spacial score (nSPS) is 25.7. The van der Waals surface area contributed by atoms with Gasteiger partial charge in [0.15, 0.2) is 5.69 Å². The topological polar surface area (TPSA) is 61.0 Å². The average molecular weight is 428 g/mol. The average Bonchev–Trinajstić information content (AvgIpc) is 3.23. The molecule has 2 bridgehead atoms. The minimum absolute atomic E-state index is 0.0529. The highest BCUT2D eigenvalue weighted by Gasteiger charge is 2.39. The predicted octanol–water partition coefficient (Wildman–Crippen LogP) is 4.46. The number of benzene rings is 2. The number of nitrogens with one attached hydrogen (secondary N) is 2. The van der Waals surface area contributed by atoms with Gasteiger partial charge >= 0.3 is 6.18 Å². The number of alkyl halides is 3. The van der Waals surface area contributed by atoms with Gasteiger partial charge in [0.2, 0.25) is 0 Å². The van der Waals surface area contributed by atoms with Gasteiger partial charge in [0.05, 0.1) is 11.1 Å². The molecule has 0 spiro atoms. The van der Waals surface area contributed by atoms with Crippen LogP contribution in [0.3, 0.4) is 0 Å². The van der Waals surface area contributed by atoms with E-state index in [-0.39, 0.29) is 23.2 Å². The minimum atomic E-state index is -4.46. The molecule has 5 rings (SSSR count). The maximum absolute atomic E-state index is 13.5. The van der Waals surface area contributed by atoms with Crippen LogP contribution in [-0.4, -0.2) is 46.2 Å². The second-order valence-corrected chi connectivity index (χ2v) is 8.57. The van der Waals surface area contributed by atoms with Gasteiger partial charge in [-0.3, -0.25) is 14.8 Å². The molecule has 4 unspecified atom stereocenters. The summed E-state index contributed by atoms with van der Waals surface area (Å²) in [6.07, 6.45) is -2.37. The highest BCUT2D eigenvalue weighted by atomic mass is 19.4. The summed E-state index contributed by atoms with van der Waals surface area (Å²) in [6, 6.07) is 10.9. The lowest BCUT2D eigenvalue weighted by Gasteiger charge is -2.35. The molecule has 0 aliphatic carbocycles. The van der Waals surface area contributed by atoms with Crippen molar-refractivity contribution >= 4 is 16.8 Å². The van der Waals surface area contributed by atoms with E-state index >= 15 is 0 Å². The van der Waals surface area contributed by atoms with Crippen LogP contribution < -0.4 is 5.32 Å². The fraction of sp³-hybridized carbons (Fsp3) is 0.391. The number of amides is 1. The maximum atomic E-state index is 13.5. The van der Waals surface area contributed by atoms with E-state index in [0.29, 0.717) is 28.4 Å². The number of aromatic nitrogens is 2. The number of carbonyl (C=O) groups excluding carboxylic acids is 1. The van der Waals surface area contributed by atoms with Crippen LogP contribution in [0.2, 0.25) is 0 Å². The monoisotopic (exact) mass is 428 g/mol. The van der Waals surface area contributed by atoms with Gasteiger partial charge < -0.3 is 5.32 Å². The van der Waals surface area contributed by atoms with Crippen molar-refractivity contribution in [3.8, 4) is 11.1 Å². The number of hydrogen-bond donors (Lipinski definition) is 2. The minimum Gasteiger partial charge on any atom is -0.347 e. The number of aromatic amines is 1.